The summed E-state index contributed by atoms with van der Waals surface area (Å²) < 4.78 is 12.5. The van der Waals surface area contributed by atoms with Crippen molar-refractivity contribution in [3.05, 3.63) is 138 Å². The number of pyridine rings is 6. The van der Waals surface area contributed by atoms with Gasteiger partial charge >= 0.3 is 19.2 Å². The molecule has 2 atom stereocenters. The van der Waals surface area contributed by atoms with Gasteiger partial charge in [0.15, 0.2) is 11.6 Å². The molecule has 0 spiro atoms. The number of fused-ring (bicyclic) bond motifs is 8. The van der Waals surface area contributed by atoms with Gasteiger partial charge in [0.1, 0.15) is 11.6 Å². The Morgan fingerprint density at radius 1 is 0.618 bits per heavy atom. The Hall–Kier alpha value is -8.08. The number of hydrogen-bond donors (Lipinski definition) is 4. The van der Waals surface area contributed by atoms with Gasteiger partial charge in [0, 0.05) is 108 Å². The first kappa shape index (κ1) is 50.1. The Kier molecular flexibility index (Phi) is 13.6. The van der Waals surface area contributed by atoms with Crippen LogP contribution >= 0.6 is 15.9 Å². The van der Waals surface area contributed by atoms with Gasteiger partial charge in [-0.1, -0.05) is 15.9 Å². The Labute approximate surface area is 448 Å². The molecule has 20 nitrogen and oxygen atoms in total. The second-order valence-electron chi connectivity index (χ2n) is 20.2. The Morgan fingerprint density at radius 2 is 1.12 bits per heavy atom. The van der Waals surface area contributed by atoms with Crippen LogP contribution < -0.4 is 35.7 Å². The van der Waals surface area contributed by atoms with E-state index in [4.69, 9.17) is 19.3 Å². The van der Waals surface area contributed by atoms with Crippen LogP contribution in [0, 0.1) is 13.8 Å². The zero-order valence-corrected chi connectivity index (χ0v) is 44.5. The van der Waals surface area contributed by atoms with Crippen molar-refractivity contribution in [2.75, 3.05) is 56.4 Å². The summed E-state index contributed by atoms with van der Waals surface area (Å²) in [4.78, 5) is 61.9. The normalized spacial score (nSPS) is 18.2. The molecule has 3 fully saturated rings. The van der Waals surface area contributed by atoms with Crippen LogP contribution in [-0.4, -0.2) is 119 Å². The number of aryl methyl sites for hydroxylation is 2. The molecule has 4 bridgehead atoms. The minimum absolute atomic E-state index is 0.0662. The number of anilines is 6. The van der Waals surface area contributed by atoms with Crippen LogP contribution in [0.2, 0.25) is 0 Å². The van der Waals surface area contributed by atoms with E-state index in [9.17, 15) is 9.59 Å². The topological polar surface area (TPSA) is 224 Å². The summed E-state index contributed by atoms with van der Waals surface area (Å²) in [5.74, 6) is 2.37. The minimum Gasteiger partial charge on any atom is -0.399 e. The summed E-state index contributed by atoms with van der Waals surface area (Å²) in [6, 6.07) is 23.1. The molecule has 0 aromatic carbocycles. The number of amides is 4. The fourth-order valence-electron chi connectivity index (χ4n) is 9.94. The average Bonchev–Trinajstić information content (AvgIpc) is 4.28. The fraction of sp³-hybridized carbons (Fsp3) is 0.296. The maximum atomic E-state index is 13.5. The van der Waals surface area contributed by atoms with Crippen molar-refractivity contribution in [1.29, 1.82) is 0 Å². The first-order chi connectivity index (χ1) is 36.7. The highest BCUT2D eigenvalue weighted by molar-refractivity contribution is 9.10. The molecule has 22 heteroatoms. The second kappa shape index (κ2) is 20.6. The van der Waals surface area contributed by atoms with Gasteiger partial charge < -0.3 is 19.1 Å². The maximum Gasteiger partial charge on any atom is 0.498 e. The molecule has 3 saturated heterocycles. The van der Waals surface area contributed by atoms with Crippen molar-refractivity contribution in [2.24, 2.45) is 0 Å². The molecule has 0 saturated carbocycles. The van der Waals surface area contributed by atoms with Crippen molar-refractivity contribution >= 4 is 75.2 Å². The van der Waals surface area contributed by atoms with Crippen LogP contribution in [0.4, 0.5) is 44.2 Å². The summed E-state index contributed by atoms with van der Waals surface area (Å²) >= 11 is 3.42. The van der Waals surface area contributed by atoms with Crippen LogP contribution in [0.3, 0.4) is 0 Å². The molecular formula is C54H56BBrN16O4. The van der Waals surface area contributed by atoms with Gasteiger partial charge in [-0.2, -0.15) is 10.2 Å². The van der Waals surface area contributed by atoms with E-state index >= 15 is 0 Å². The van der Waals surface area contributed by atoms with Gasteiger partial charge in [-0.25, -0.2) is 29.5 Å². The van der Waals surface area contributed by atoms with Gasteiger partial charge in [-0.05, 0) is 133 Å². The molecule has 0 aliphatic carbocycles. The molecule has 8 aromatic heterocycles. The molecule has 13 heterocycles. The quantitative estimate of drug-likeness (QED) is 0.114. The third-order valence-electron chi connectivity index (χ3n) is 14.6. The molecular weight excluding hydrogens is 1030 g/mol. The number of H-pyrrole nitrogens is 2. The second-order valence-corrected chi connectivity index (χ2v) is 21.1. The highest BCUT2D eigenvalue weighted by Crippen LogP contribution is 2.42. The van der Waals surface area contributed by atoms with Crippen LogP contribution in [0.15, 0.2) is 127 Å². The van der Waals surface area contributed by atoms with Crippen molar-refractivity contribution < 1.29 is 18.9 Å². The van der Waals surface area contributed by atoms with Gasteiger partial charge in [0.05, 0.1) is 52.2 Å². The number of nitrogens with zero attached hydrogens (tertiary/aromatic N) is 12. The zero-order chi connectivity index (χ0) is 52.7. The third-order valence-corrected chi connectivity index (χ3v) is 15.0. The van der Waals surface area contributed by atoms with E-state index in [2.05, 4.69) is 88.8 Å². The summed E-state index contributed by atoms with van der Waals surface area (Å²) in [5.41, 5.74) is 9.67. The van der Waals surface area contributed by atoms with Crippen molar-refractivity contribution in [2.45, 2.75) is 77.7 Å². The van der Waals surface area contributed by atoms with Crippen molar-refractivity contribution in [1.82, 2.24) is 50.3 Å². The Morgan fingerprint density at radius 3 is 1.62 bits per heavy atom. The smallest absolute Gasteiger partial charge is 0.399 e. The number of nitrogens with one attached hydrogen (secondary N) is 4. The lowest BCUT2D eigenvalue weighted by Gasteiger charge is -2.35. The first-order valence-corrected chi connectivity index (χ1v) is 26.0. The summed E-state index contributed by atoms with van der Waals surface area (Å²) in [6.07, 6.45) is 15.8. The Bertz CT molecular complexity index is 3400. The fourth-order valence-corrected chi connectivity index (χ4v) is 10.3. The van der Waals surface area contributed by atoms with E-state index in [0.29, 0.717) is 23.3 Å². The molecule has 386 valence electrons. The molecule has 0 unspecified atom stereocenters. The number of halogens is 1. The van der Waals surface area contributed by atoms with Gasteiger partial charge in [0.2, 0.25) is 0 Å². The van der Waals surface area contributed by atoms with Crippen LogP contribution in [0.1, 0.15) is 51.9 Å². The van der Waals surface area contributed by atoms with Gasteiger partial charge in [-0.3, -0.25) is 40.6 Å². The van der Waals surface area contributed by atoms with E-state index in [0.717, 1.165) is 105 Å². The lowest BCUT2D eigenvalue weighted by molar-refractivity contribution is 0.00578. The first-order valence-electron chi connectivity index (χ1n) is 25.2. The average molecular weight is 1080 g/mol. The Balaban J connectivity index is 0.000000131. The van der Waals surface area contributed by atoms with Crippen LogP contribution in [0.25, 0.3) is 33.6 Å². The lowest BCUT2D eigenvalue weighted by Crippen LogP contribution is -2.48. The summed E-state index contributed by atoms with van der Waals surface area (Å²) in [7, 11) is -0.307. The summed E-state index contributed by atoms with van der Waals surface area (Å²) in [6.45, 7) is 15.5. The van der Waals surface area contributed by atoms with Gasteiger partial charge in [-0.15, -0.1) is 0 Å². The zero-order valence-electron chi connectivity index (χ0n) is 42.9. The van der Waals surface area contributed by atoms with Gasteiger partial charge in [0.25, 0.3) is 0 Å². The number of aromatic nitrogens is 10. The molecule has 5 aliphatic rings. The molecule has 13 rings (SSSR count). The predicted molar refractivity (Wildman–Crippen MR) is 297 cm³/mol. The number of carbonyl (C=O) groups is 2. The SMILES string of the molecule is CC1(C)OB(c2cn[nH]c2)OC1(C)C.Cc1cc(-c2ccc3c(n2)N(C(=O)Nc2cc(-c4cn[nH]c4)ccn2)[C@H]2CCN3C2)ccn1.Cc1cc(-c2ccc3c(n2)N(C(=O)Nc2cc(Br)ccn2)[C@H]2CCN3C2)ccn1. The number of carbonyl (C=O) groups excluding carboxylic acids is 2. The molecule has 0 radical (unpaired) electrons. The highest BCUT2D eigenvalue weighted by Gasteiger charge is 2.52. The lowest BCUT2D eigenvalue weighted by atomic mass is 9.82. The minimum atomic E-state index is -0.307. The number of rotatable bonds is 6. The number of aromatic amines is 2. The van der Waals surface area contributed by atoms with Crippen molar-refractivity contribution in [3.63, 3.8) is 0 Å². The predicted octanol–water partition coefficient (Wildman–Crippen LogP) is 8.82. The highest BCUT2D eigenvalue weighted by atomic mass is 79.9. The summed E-state index contributed by atoms with van der Waals surface area (Å²) in [5, 5.41) is 19.3. The maximum absolute atomic E-state index is 13.5. The van der Waals surface area contributed by atoms with Crippen LogP contribution in [-0.2, 0) is 9.31 Å². The molecule has 5 aliphatic heterocycles. The van der Waals surface area contributed by atoms with E-state index in [1.165, 1.54) is 0 Å². The number of hydrogen-bond acceptors (Lipinski definition) is 14. The molecule has 8 aromatic rings. The molecule has 76 heavy (non-hydrogen) atoms. The third kappa shape index (κ3) is 10.2. The largest absolute Gasteiger partial charge is 0.498 e. The van der Waals surface area contributed by atoms with E-state index in [1.54, 1.807) is 65.4 Å². The molecule has 4 N–H and O–H groups in total. The van der Waals surface area contributed by atoms with E-state index < -0.39 is 0 Å². The standard InChI is InChI=1S/C24H22N8O.C21H19BrN6O.C9H15BN2O2/c1-15-10-17(5-7-25-15)20-2-3-21-23(29-20)32(19-6-9-31(21)14-19)24(33)30-22-11-16(4-8-26-22)18-12-27-28-13-18;1-13-10-14(4-7-23-13)17-2-3-18-20(25-17)28(16-6-9-27(18)12-16)21(29)26-19-11-15(22)5-8-24-19;1-8(2)9(3,4)14-10(13-8)7-5-11-12-6-7/h2-5,7-8,10-13,19H,6,9,14H2,1H3,(H,27,28)(H,26,30,33);2-5,7-8,10-11,16H,6,9,12H2,1H3,(H,24,26,29);5-6H,1-4H3,(H,11,12)/t19-;16-;/m00./s1. The van der Waals surface area contributed by atoms with E-state index in [1.807, 2.05) is 96.1 Å². The number of urea groups is 2. The molecule has 4 amide bonds. The monoisotopic (exact) mass is 1080 g/mol. The van der Waals surface area contributed by atoms with Crippen molar-refractivity contribution in [3.8, 4) is 33.6 Å². The van der Waals surface area contributed by atoms with E-state index in [-0.39, 0.29) is 42.5 Å². The van der Waals surface area contributed by atoms with Crippen LogP contribution in [0.5, 0.6) is 0 Å².